The second kappa shape index (κ2) is 7.08. The number of benzene rings is 1. The molecule has 0 aromatic heterocycles. The van der Waals surface area contributed by atoms with E-state index in [1.54, 1.807) is 0 Å². The Morgan fingerprint density at radius 2 is 1.67 bits per heavy atom. The summed E-state index contributed by atoms with van der Waals surface area (Å²) in [6.07, 6.45) is 1.74. The minimum absolute atomic E-state index is 0.261. The third kappa shape index (κ3) is 5.50. The van der Waals surface area contributed by atoms with E-state index in [-0.39, 0.29) is 5.91 Å². The van der Waals surface area contributed by atoms with Gasteiger partial charge in [-0.3, -0.25) is 9.69 Å². The number of amides is 1. The molecule has 3 nitrogen and oxygen atoms in total. The molecule has 1 saturated heterocycles. The van der Waals surface area contributed by atoms with Gasteiger partial charge in [0, 0.05) is 26.2 Å². The van der Waals surface area contributed by atoms with Crippen LogP contribution in [0, 0.1) is 5.41 Å². The predicted octanol–water partition coefficient (Wildman–Crippen LogP) is 2.81. The zero-order chi connectivity index (χ0) is 15.3. The van der Waals surface area contributed by atoms with Gasteiger partial charge >= 0.3 is 0 Å². The molecule has 2 rings (SSSR count). The van der Waals surface area contributed by atoms with Crippen LogP contribution >= 0.6 is 0 Å². The third-order valence-corrected chi connectivity index (χ3v) is 4.10. The highest BCUT2D eigenvalue weighted by Crippen LogP contribution is 2.19. The molecule has 1 heterocycles. The van der Waals surface area contributed by atoms with Gasteiger partial charge in [0.1, 0.15) is 0 Å². The van der Waals surface area contributed by atoms with Crippen molar-refractivity contribution in [3.63, 3.8) is 0 Å². The van der Waals surface area contributed by atoms with E-state index in [1.165, 1.54) is 6.42 Å². The van der Waals surface area contributed by atoms with Gasteiger partial charge in [-0.25, -0.2) is 0 Å². The van der Waals surface area contributed by atoms with Crippen molar-refractivity contribution in [3.05, 3.63) is 35.9 Å². The Balaban J connectivity index is 1.74. The van der Waals surface area contributed by atoms with E-state index >= 15 is 0 Å². The van der Waals surface area contributed by atoms with Crippen LogP contribution in [0.2, 0.25) is 0 Å². The van der Waals surface area contributed by atoms with E-state index in [1.807, 2.05) is 35.2 Å². The van der Waals surface area contributed by atoms with E-state index in [0.29, 0.717) is 11.8 Å². The zero-order valence-corrected chi connectivity index (χ0v) is 13.6. The summed E-state index contributed by atoms with van der Waals surface area (Å²) < 4.78 is 0. The summed E-state index contributed by atoms with van der Waals surface area (Å²) in [5.74, 6) is 0.261. The Morgan fingerprint density at radius 3 is 2.24 bits per heavy atom. The van der Waals surface area contributed by atoms with Crippen molar-refractivity contribution < 1.29 is 4.79 Å². The monoisotopic (exact) mass is 288 g/mol. The predicted molar refractivity (Wildman–Crippen MR) is 87.2 cm³/mol. The van der Waals surface area contributed by atoms with E-state index in [0.717, 1.165) is 38.3 Å². The molecule has 0 saturated carbocycles. The van der Waals surface area contributed by atoms with Crippen LogP contribution in [-0.2, 0) is 11.2 Å². The van der Waals surface area contributed by atoms with Gasteiger partial charge in [-0.2, -0.15) is 0 Å². The molecule has 0 radical (unpaired) electrons. The summed E-state index contributed by atoms with van der Waals surface area (Å²) in [5, 5.41) is 0. The first-order chi connectivity index (χ1) is 9.94. The topological polar surface area (TPSA) is 23.6 Å². The number of nitrogens with zero attached hydrogens (tertiary/aromatic N) is 2. The molecule has 3 heteroatoms. The van der Waals surface area contributed by atoms with Gasteiger partial charge in [0.15, 0.2) is 0 Å². The Morgan fingerprint density at radius 1 is 1.05 bits per heavy atom. The number of piperazine rings is 1. The van der Waals surface area contributed by atoms with Crippen molar-refractivity contribution in [2.75, 3.05) is 32.7 Å². The molecule has 21 heavy (non-hydrogen) atoms. The second-order valence-corrected chi connectivity index (χ2v) is 7.20. The lowest BCUT2D eigenvalue weighted by Crippen LogP contribution is -2.49. The fourth-order valence-electron chi connectivity index (χ4n) is 2.60. The van der Waals surface area contributed by atoms with Crippen LogP contribution in [0.1, 0.15) is 32.8 Å². The number of hydrogen-bond donors (Lipinski definition) is 0. The van der Waals surface area contributed by atoms with Crippen molar-refractivity contribution in [2.24, 2.45) is 5.41 Å². The SMILES string of the molecule is CC(C)(C)CCN1CCN(C(=O)Cc2ccccc2)CC1. The first-order valence-electron chi connectivity index (χ1n) is 7.98. The smallest absolute Gasteiger partial charge is 0.227 e. The second-order valence-electron chi connectivity index (χ2n) is 7.20. The van der Waals surface area contributed by atoms with Crippen molar-refractivity contribution in [1.82, 2.24) is 9.80 Å². The van der Waals surface area contributed by atoms with E-state index < -0.39 is 0 Å². The summed E-state index contributed by atoms with van der Waals surface area (Å²) in [4.78, 5) is 16.8. The molecule has 1 amide bonds. The Hall–Kier alpha value is -1.35. The van der Waals surface area contributed by atoms with Crippen molar-refractivity contribution in [2.45, 2.75) is 33.6 Å². The normalized spacial score (nSPS) is 17.0. The fraction of sp³-hybridized carbons (Fsp3) is 0.611. The van der Waals surface area contributed by atoms with Crippen LogP contribution in [0.15, 0.2) is 30.3 Å². The lowest BCUT2D eigenvalue weighted by molar-refractivity contribution is -0.132. The minimum atomic E-state index is 0.261. The van der Waals surface area contributed by atoms with Gasteiger partial charge < -0.3 is 4.90 Å². The van der Waals surface area contributed by atoms with Gasteiger partial charge in [-0.15, -0.1) is 0 Å². The van der Waals surface area contributed by atoms with E-state index in [2.05, 4.69) is 25.7 Å². The van der Waals surface area contributed by atoms with Crippen LogP contribution < -0.4 is 0 Å². The van der Waals surface area contributed by atoms with Crippen LogP contribution in [0.25, 0.3) is 0 Å². The maximum absolute atomic E-state index is 12.3. The summed E-state index contributed by atoms with van der Waals surface area (Å²) in [7, 11) is 0. The van der Waals surface area contributed by atoms with Crippen LogP contribution in [-0.4, -0.2) is 48.4 Å². The number of rotatable bonds is 4. The standard InChI is InChI=1S/C18H28N2O/c1-18(2,3)9-10-19-11-13-20(14-12-19)17(21)15-16-7-5-4-6-8-16/h4-8H,9-15H2,1-3H3. The summed E-state index contributed by atoms with van der Waals surface area (Å²) in [6.45, 7) is 11.8. The van der Waals surface area contributed by atoms with E-state index in [9.17, 15) is 4.79 Å². The van der Waals surface area contributed by atoms with Crippen LogP contribution in [0.5, 0.6) is 0 Å². The molecular formula is C18H28N2O. The average Bonchev–Trinajstić information content (AvgIpc) is 2.46. The molecule has 0 bridgehead atoms. The Labute approximate surface area is 128 Å². The van der Waals surface area contributed by atoms with Gasteiger partial charge in [-0.05, 0) is 23.9 Å². The van der Waals surface area contributed by atoms with Gasteiger partial charge in [-0.1, -0.05) is 51.1 Å². The number of hydrogen-bond acceptors (Lipinski definition) is 2. The molecule has 0 unspecified atom stereocenters. The molecule has 0 atom stereocenters. The van der Waals surface area contributed by atoms with Gasteiger partial charge in [0.2, 0.25) is 5.91 Å². The van der Waals surface area contributed by atoms with Crippen LogP contribution in [0.4, 0.5) is 0 Å². The molecular weight excluding hydrogens is 260 g/mol. The molecule has 1 aromatic carbocycles. The minimum Gasteiger partial charge on any atom is -0.340 e. The van der Waals surface area contributed by atoms with E-state index in [4.69, 9.17) is 0 Å². The van der Waals surface area contributed by atoms with Crippen molar-refractivity contribution in [1.29, 1.82) is 0 Å². The zero-order valence-electron chi connectivity index (χ0n) is 13.6. The third-order valence-electron chi connectivity index (χ3n) is 4.10. The molecule has 0 spiro atoms. The lowest BCUT2D eigenvalue weighted by Gasteiger charge is -2.36. The molecule has 0 aliphatic carbocycles. The maximum Gasteiger partial charge on any atom is 0.227 e. The molecule has 1 aliphatic rings. The Kier molecular flexibility index (Phi) is 5.40. The molecule has 1 aliphatic heterocycles. The molecule has 0 N–H and O–H groups in total. The first-order valence-corrected chi connectivity index (χ1v) is 7.98. The molecule has 1 aromatic rings. The maximum atomic E-state index is 12.3. The fourth-order valence-corrected chi connectivity index (χ4v) is 2.60. The number of carbonyl (C=O) groups excluding carboxylic acids is 1. The highest BCUT2D eigenvalue weighted by molar-refractivity contribution is 5.78. The highest BCUT2D eigenvalue weighted by atomic mass is 16.2. The van der Waals surface area contributed by atoms with Crippen molar-refractivity contribution >= 4 is 5.91 Å². The first kappa shape index (κ1) is 16.0. The largest absolute Gasteiger partial charge is 0.340 e. The summed E-state index contributed by atoms with van der Waals surface area (Å²) in [5.41, 5.74) is 1.50. The average molecular weight is 288 g/mol. The van der Waals surface area contributed by atoms with Crippen LogP contribution in [0.3, 0.4) is 0 Å². The van der Waals surface area contributed by atoms with Crippen molar-refractivity contribution in [3.8, 4) is 0 Å². The summed E-state index contributed by atoms with van der Waals surface area (Å²) in [6, 6.07) is 10.0. The van der Waals surface area contributed by atoms with Gasteiger partial charge in [0.25, 0.3) is 0 Å². The quantitative estimate of drug-likeness (QED) is 0.850. The number of carbonyl (C=O) groups is 1. The molecule has 116 valence electrons. The van der Waals surface area contributed by atoms with Gasteiger partial charge in [0.05, 0.1) is 6.42 Å². The highest BCUT2D eigenvalue weighted by Gasteiger charge is 2.22. The molecule has 1 fully saturated rings. The summed E-state index contributed by atoms with van der Waals surface area (Å²) >= 11 is 0. The Bertz CT molecular complexity index is 442. The lowest BCUT2D eigenvalue weighted by atomic mass is 9.92.